The molecule has 24 heavy (non-hydrogen) atoms. The van der Waals surface area contributed by atoms with Gasteiger partial charge in [0.05, 0.1) is 12.8 Å². The Hall–Kier alpha value is -2.71. The molecule has 128 valence electrons. The van der Waals surface area contributed by atoms with Crippen LogP contribution < -0.4 is 0 Å². The van der Waals surface area contributed by atoms with Gasteiger partial charge >= 0.3 is 6.09 Å². The number of hydrogen-bond donors (Lipinski definition) is 0. The van der Waals surface area contributed by atoms with E-state index in [1.54, 1.807) is 20.4 Å². The quantitative estimate of drug-likeness (QED) is 0.806. The summed E-state index contributed by atoms with van der Waals surface area (Å²) in [5.74, 6) is 0.435. The highest BCUT2D eigenvalue weighted by Gasteiger charge is 2.26. The van der Waals surface area contributed by atoms with Crippen molar-refractivity contribution >= 4 is 17.8 Å². The zero-order chi connectivity index (χ0) is 17.3. The van der Waals surface area contributed by atoms with E-state index < -0.39 is 0 Å². The fraction of sp³-hybridized carbons (Fsp3) is 0.533. The molecule has 2 aromatic rings. The van der Waals surface area contributed by atoms with Crippen LogP contribution in [-0.2, 0) is 4.74 Å². The number of carbonyl (C=O) groups excluding carboxylic acids is 2. The molecular weight excluding hydrogens is 312 g/mol. The first kappa shape index (κ1) is 16.2. The molecule has 2 aromatic heterocycles. The van der Waals surface area contributed by atoms with Crippen LogP contribution in [0.4, 0.5) is 4.79 Å². The Morgan fingerprint density at radius 3 is 2.46 bits per heavy atom. The monoisotopic (exact) mass is 332 g/mol. The minimum Gasteiger partial charge on any atom is -0.453 e. The highest BCUT2D eigenvalue weighted by Crippen LogP contribution is 2.17. The first-order valence-corrected chi connectivity index (χ1v) is 7.84. The summed E-state index contributed by atoms with van der Waals surface area (Å²) in [4.78, 5) is 36.0. The molecule has 0 spiro atoms. The van der Waals surface area contributed by atoms with Crippen LogP contribution in [0.1, 0.15) is 35.9 Å². The molecule has 3 rings (SSSR count). The molecule has 0 aliphatic carbocycles. The Labute approximate surface area is 139 Å². The van der Waals surface area contributed by atoms with Gasteiger partial charge in [0.15, 0.2) is 0 Å². The average Bonchev–Trinajstić information content (AvgIpc) is 3.08. The summed E-state index contributed by atoms with van der Waals surface area (Å²) in [6.07, 6.45) is 1.06. The normalized spacial score (nSPS) is 15.2. The summed E-state index contributed by atoms with van der Waals surface area (Å²) < 4.78 is 6.35. The van der Waals surface area contributed by atoms with Crippen molar-refractivity contribution < 1.29 is 14.3 Å². The minimum atomic E-state index is -0.368. The molecule has 0 atom stereocenters. The van der Waals surface area contributed by atoms with Crippen LogP contribution in [0.3, 0.4) is 0 Å². The molecule has 1 saturated heterocycles. The molecule has 2 amide bonds. The average molecular weight is 332 g/mol. The van der Waals surface area contributed by atoms with Gasteiger partial charge < -0.3 is 14.5 Å². The van der Waals surface area contributed by atoms with E-state index in [9.17, 15) is 9.59 Å². The topological polar surface area (TPSA) is 92.9 Å². The smallest absolute Gasteiger partial charge is 0.409 e. The van der Waals surface area contributed by atoms with Crippen molar-refractivity contribution in [2.45, 2.75) is 19.8 Å². The van der Waals surface area contributed by atoms with Crippen LogP contribution in [0.5, 0.6) is 0 Å². The molecule has 1 fully saturated rings. The highest BCUT2D eigenvalue weighted by atomic mass is 16.5. The van der Waals surface area contributed by atoms with Gasteiger partial charge in [-0.3, -0.25) is 4.79 Å². The largest absolute Gasteiger partial charge is 0.453 e. The summed E-state index contributed by atoms with van der Waals surface area (Å²) in [5.41, 5.74) is 1.24. The fourth-order valence-electron chi connectivity index (χ4n) is 2.74. The Bertz CT molecular complexity index is 764. The third-order valence-electron chi connectivity index (χ3n) is 4.09. The van der Waals surface area contributed by atoms with Crippen LogP contribution >= 0.6 is 0 Å². The second-order valence-corrected chi connectivity index (χ2v) is 5.94. The number of hydrogen-bond acceptors (Lipinski definition) is 6. The number of rotatable bonds is 2. The third kappa shape index (κ3) is 2.89. The van der Waals surface area contributed by atoms with Crippen molar-refractivity contribution in [3.63, 3.8) is 0 Å². The number of ether oxygens (including phenoxy) is 1. The van der Waals surface area contributed by atoms with Gasteiger partial charge in [0.2, 0.25) is 0 Å². The Kier molecular flexibility index (Phi) is 4.32. The number of fused-ring (bicyclic) bond motifs is 1. The molecule has 0 radical (unpaired) electrons. The maximum absolute atomic E-state index is 12.8. The van der Waals surface area contributed by atoms with E-state index in [1.807, 2.05) is 13.8 Å². The number of methoxy groups -OCH3 is 1. The van der Waals surface area contributed by atoms with Gasteiger partial charge in [-0.05, 0) is 12.0 Å². The highest BCUT2D eigenvalue weighted by molar-refractivity contribution is 5.93. The maximum Gasteiger partial charge on any atom is 0.409 e. The predicted octanol–water partition coefficient (Wildman–Crippen LogP) is 0.772. The number of amides is 2. The summed E-state index contributed by atoms with van der Waals surface area (Å²) in [6, 6.07) is 1.77. The van der Waals surface area contributed by atoms with E-state index in [0.29, 0.717) is 37.7 Å². The molecule has 0 saturated carbocycles. The van der Waals surface area contributed by atoms with Crippen LogP contribution in [0, 0.1) is 0 Å². The predicted molar refractivity (Wildman–Crippen MR) is 84.8 cm³/mol. The van der Waals surface area contributed by atoms with E-state index in [1.165, 1.54) is 13.4 Å². The standard InChI is InChI=1S/C15H20N6O3/c1-10(2)12-8-11(18-14-16-9-17-21(12)14)13(22)19-4-6-20(7-5-19)15(23)24-3/h8-10H,4-7H2,1-3H3. The van der Waals surface area contributed by atoms with Crippen LogP contribution in [0.25, 0.3) is 5.78 Å². The maximum atomic E-state index is 12.8. The van der Waals surface area contributed by atoms with Gasteiger partial charge in [-0.25, -0.2) is 14.3 Å². The lowest BCUT2D eigenvalue weighted by Crippen LogP contribution is -2.50. The Morgan fingerprint density at radius 2 is 1.83 bits per heavy atom. The third-order valence-corrected chi connectivity index (χ3v) is 4.09. The van der Waals surface area contributed by atoms with Crippen molar-refractivity contribution in [3.8, 4) is 0 Å². The molecule has 0 unspecified atom stereocenters. The lowest BCUT2D eigenvalue weighted by atomic mass is 10.1. The first-order valence-electron chi connectivity index (χ1n) is 7.84. The van der Waals surface area contributed by atoms with Crippen molar-refractivity contribution in [2.75, 3.05) is 33.3 Å². The molecule has 9 nitrogen and oxygen atoms in total. The van der Waals surface area contributed by atoms with E-state index in [4.69, 9.17) is 4.74 Å². The second-order valence-electron chi connectivity index (χ2n) is 5.94. The molecule has 0 N–H and O–H groups in total. The Morgan fingerprint density at radius 1 is 1.17 bits per heavy atom. The van der Waals surface area contributed by atoms with E-state index >= 15 is 0 Å². The van der Waals surface area contributed by atoms with Crippen molar-refractivity contribution in [3.05, 3.63) is 23.8 Å². The summed E-state index contributed by atoms with van der Waals surface area (Å²) >= 11 is 0. The zero-order valence-corrected chi connectivity index (χ0v) is 14.0. The number of nitrogens with zero attached hydrogens (tertiary/aromatic N) is 6. The molecule has 0 aromatic carbocycles. The van der Waals surface area contributed by atoms with Gasteiger partial charge in [-0.1, -0.05) is 13.8 Å². The van der Waals surface area contributed by atoms with Gasteiger partial charge in [0.25, 0.3) is 11.7 Å². The SMILES string of the molecule is COC(=O)N1CCN(C(=O)c2cc(C(C)C)n3ncnc3n2)CC1. The van der Waals surface area contributed by atoms with Gasteiger partial charge in [0.1, 0.15) is 12.0 Å². The van der Waals surface area contributed by atoms with Gasteiger partial charge in [-0.15, -0.1) is 0 Å². The van der Waals surface area contributed by atoms with E-state index in [2.05, 4.69) is 15.1 Å². The molecule has 9 heteroatoms. The molecule has 0 bridgehead atoms. The molecule has 1 aliphatic heterocycles. The second kappa shape index (κ2) is 6.42. The van der Waals surface area contributed by atoms with Crippen molar-refractivity contribution in [1.82, 2.24) is 29.4 Å². The van der Waals surface area contributed by atoms with Crippen LogP contribution in [0.15, 0.2) is 12.4 Å². The number of piperazine rings is 1. The summed E-state index contributed by atoms with van der Waals surface area (Å²) in [6.45, 7) is 5.85. The fourth-order valence-corrected chi connectivity index (χ4v) is 2.74. The number of carbonyl (C=O) groups is 2. The minimum absolute atomic E-state index is 0.160. The summed E-state index contributed by atoms with van der Waals surface area (Å²) in [7, 11) is 1.35. The molecular formula is C15H20N6O3. The molecule has 1 aliphatic rings. The van der Waals surface area contributed by atoms with Gasteiger partial charge in [-0.2, -0.15) is 10.1 Å². The van der Waals surface area contributed by atoms with Crippen LogP contribution in [0.2, 0.25) is 0 Å². The van der Waals surface area contributed by atoms with Crippen molar-refractivity contribution in [1.29, 1.82) is 0 Å². The van der Waals surface area contributed by atoms with Crippen molar-refractivity contribution in [2.24, 2.45) is 0 Å². The lowest BCUT2D eigenvalue weighted by molar-refractivity contribution is 0.0594. The molecule has 3 heterocycles. The zero-order valence-electron chi connectivity index (χ0n) is 14.0. The lowest BCUT2D eigenvalue weighted by Gasteiger charge is -2.33. The van der Waals surface area contributed by atoms with Gasteiger partial charge in [0, 0.05) is 26.2 Å². The Balaban J connectivity index is 1.81. The summed E-state index contributed by atoms with van der Waals surface area (Å²) in [5, 5.41) is 4.15. The van der Waals surface area contributed by atoms with E-state index in [0.717, 1.165) is 5.69 Å². The first-order chi connectivity index (χ1) is 11.5. The number of aromatic nitrogens is 4. The van der Waals surface area contributed by atoms with E-state index in [-0.39, 0.29) is 17.9 Å². The van der Waals surface area contributed by atoms with Crippen LogP contribution in [-0.4, -0.2) is 74.7 Å².